The van der Waals surface area contributed by atoms with Crippen LogP contribution in [-0.4, -0.2) is 37.4 Å². The summed E-state index contributed by atoms with van der Waals surface area (Å²) in [6.07, 6.45) is 0.0826. The molecule has 0 saturated carbocycles. The Bertz CT molecular complexity index is 785. The van der Waals surface area contributed by atoms with Crippen LogP contribution < -0.4 is 9.64 Å². The molecule has 1 saturated heterocycles. The molecular weight excluding hydrogens is 354 g/mol. The fourth-order valence-electron chi connectivity index (χ4n) is 2.77. The number of hydrogen-bond acceptors (Lipinski definition) is 6. The number of thiophene rings is 1. The molecule has 1 amide bonds. The molecule has 2 heterocycles. The standard InChI is InChI=1S/C19H19NO5S/c1-2-24-15-7-5-14(6-8-15)20-11-13(10-18(20)22)19(23)25-12-16(21)17-4-3-9-26-17/h3-9,13H,2,10-12H2,1H3/t13-/m0/s1. The zero-order valence-electron chi connectivity index (χ0n) is 14.3. The van der Waals surface area contributed by atoms with E-state index in [1.807, 2.05) is 6.92 Å². The van der Waals surface area contributed by atoms with Gasteiger partial charge in [0.15, 0.2) is 6.61 Å². The van der Waals surface area contributed by atoms with Crippen LogP contribution in [0.1, 0.15) is 23.0 Å². The first-order valence-electron chi connectivity index (χ1n) is 8.35. The van der Waals surface area contributed by atoms with E-state index in [0.717, 1.165) is 5.75 Å². The maximum atomic E-state index is 12.2. The van der Waals surface area contributed by atoms with Gasteiger partial charge in [0, 0.05) is 18.7 Å². The largest absolute Gasteiger partial charge is 0.494 e. The van der Waals surface area contributed by atoms with E-state index in [-0.39, 0.29) is 31.3 Å². The van der Waals surface area contributed by atoms with Crippen molar-refractivity contribution >= 4 is 34.7 Å². The van der Waals surface area contributed by atoms with Crippen molar-refractivity contribution in [3.63, 3.8) is 0 Å². The van der Waals surface area contributed by atoms with Crippen LogP contribution in [-0.2, 0) is 14.3 Å². The quantitative estimate of drug-likeness (QED) is 0.551. The molecule has 1 aromatic heterocycles. The number of rotatable bonds is 7. The van der Waals surface area contributed by atoms with E-state index in [1.165, 1.54) is 11.3 Å². The van der Waals surface area contributed by atoms with Gasteiger partial charge >= 0.3 is 5.97 Å². The number of ether oxygens (including phenoxy) is 2. The van der Waals surface area contributed by atoms with Gasteiger partial charge in [0.05, 0.1) is 17.4 Å². The van der Waals surface area contributed by atoms with Gasteiger partial charge in [-0.1, -0.05) is 6.07 Å². The molecule has 3 rings (SSSR count). The molecule has 1 aliphatic rings. The van der Waals surface area contributed by atoms with Crippen molar-refractivity contribution in [1.29, 1.82) is 0 Å². The summed E-state index contributed by atoms with van der Waals surface area (Å²) < 4.78 is 10.5. The molecular formula is C19H19NO5S. The number of benzene rings is 1. The zero-order chi connectivity index (χ0) is 18.5. The van der Waals surface area contributed by atoms with Gasteiger partial charge in [-0.2, -0.15) is 0 Å². The first-order valence-corrected chi connectivity index (χ1v) is 9.23. The Kier molecular flexibility index (Phi) is 5.68. The zero-order valence-corrected chi connectivity index (χ0v) is 15.2. The SMILES string of the molecule is CCOc1ccc(N2C[C@@H](C(=O)OCC(=O)c3cccs3)CC2=O)cc1. The van der Waals surface area contributed by atoms with Gasteiger partial charge in [-0.05, 0) is 42.6 Å². The first-order chi connectivity index (χ1) is 12.6. The molecule has 0 unspecified atom stereocenters. The number of carbonyl (C=O) groups excluding carboxylic acids is 3. The highest BCUT2D eigenvalue weighted by atomic mass is 32.1. The van der Waals surface area contributed by atoms with Gasteiger partial charge in [-0.3, -0.25) is 14.4 Å². The molecule has 0 spiro atoms. The lowest BCUT2D eigenvalue weighted by molar-refractivity contribution is -0.147. The summed E-state index contributed by atoms with van der Waals surface area (Å²) in [5, 5.41) is 1.79. The van der Waals surface area contributed by atoms with Crippen LogP contribution in [0, 0.1) is 5.92 Å². The molecule has 1 aromatic carbocycles. The second-order valence-corrected chi connectivity index (χ2v) is 6.79. The van der Waals surface area contributed by atoms with E-state index >= 15 is 0 Å². The van der Waals surface area contributed by atoms with E-state index in [9.17, 15) is 14.4 Å². The van der Waals surface area contributed by atoms with E-state index in [2.05, 4.69) is 0 Å². The highest BCUT2D eigenvalue weighted by Crippen LogP contribution is 2.27. The van der Waals surface area contributed by atoms with Crippen molar-refractivity contribution in [2.45, 2.75) is 13.3 Å². The molecule has 0 aliphatic carbocycles. The fraction of sp³-hybridized carbons (Fsp3) is 0.316. The molecule has 136 valence electrons. The van der Waals surface area contributed by atoms with Crippen LogP contribution >= 0.6 is 11.3 Å². The van der Waals surface area contributed by atoms with Gasteiger partial charge < -0.3 is 14.4 Å². The van der Waals surface area contributed by atoms with Gasteiger partial charge in [-0.25, -0.2) is 0 Å². The van der Waals surface area contributed by atoms with Gasteiger partial charge in [0.2, 0.25) is 11.7 Å². The predicted molar refractivity (Wildman–Crippen MR) is 97.7 cm³/mol. The Morgan fingerprint density at radius 3 is 2.65 bits per heavy atom. The molecule has 0 N–H and O–H groups in total. The number of esters is 1. The summed E-state index contributed by atoms with van der Waals surface area (Å²) in [4.78, 5) is 38.5. The number of carbonyl (C=O) groups is 3. The molecule has 7 heteroatoms. The Balaban J connectivity index is 1.56. The molecule has 26 heavy (non-hydrogen) atoms. The minimum absolute atomic E-state index is 0.0826. The Labute approximate surface area is 155 Å². The average molecular weight is 373 g/mol. The maximum absolute atomic E-state index is 12.2. The smallest absolute Gasteiger partial charge is 0.311 e. The lowest BCUT2D eigenvalue weighted by atomic mass is 10.1. The Morgan fingerprint density at radius 2 is 2.00 bits per heavy atom. The summed E-state index contributed by atoms with van der Waals surface area (Å²) in [7, 11) is 0. The highest BCUT2D eigenvalue weighted by Gasteiger charge is 2.36. The van der Waals surface area contributed by atoms with E-state index in [0.29, 0.717) is 17.2 Å². The van der Waals surface area contributed by atoms with Crippen molar-refractivity contribution in [2.24, 2.45) is 5.92 Å². The summed E-state index contributed by atoms with van der Waals surface area (Å²) in [6, 6.07) is 10.6. The summed E-state index contributed by atoms with van der Waals surface area (Å²) in [6.45, 7) is 2.42. The second kappa shape index (κ2) is 8.14. The van der Waals surface area contributed by atoms with Crippen molar-refractivity contribution in [3.05, 3.63) is 46.7 Å². The lowest BCUT2D eigenvalue weighted by Crippen LogP contribution is -2.27. The Morgan fingerprint density at radius 1 is 1.23 bits per heavy atom. The van der Waals surface area contributed by atoms with E-state index in [1.54, 1.807) is 46.7 Å². The van der Waals surface area contributed by atoms with Crippen molar-refractivity contribution in [3.8, 4) is 5.75 Å². The number of anilines is 1. The topological polar surface area (TPSA) is 72.9 Å². The summed E-state index contributed by atoms with van der Waals surface area (Å²) in [5.41, 5.74) is 0.711. The summed E-state index contributed by atoms with van der Waals surface area (Å²) in [5.74, 6) is -0.727. The number of amides is 1. The normalized spacial score (nSPS) is 16.6. The van der Waals surface area contributed by atoms with Crippen LogP contribution in [0.15, 0.2) is 41.8 Å². The fourth-order valence-corrected chi connectivity index (χ4v) is 3.42. The number of Topliss-reactive ketones (excluding diaryl/α,β-unsaturated/α-hetero) is 1. The number of ketones is 1. The molecule has 1 fully saturated rings. The first kappa shape index (κ1) is 18.1. The van der Waals surface area contributed by atoms with Crippen LogP contribution in [0.4, 0.5) is 5.69 Å². The van der Waals surface area contributed by atoms with Crippen molar-refractivity contribution < 1.29 is 23.9 Å². The number of hydrogen-bond donors (Lipinski definition) is 0. The minimum Gasteiger partial charge on any atom is -0.494 e. The predicted octanol–water partition coefficient (Wildman–Crippen LogP) is 2.93. The van der Waals surface area contributed by atoms with Crippen LogP contribution in [0.5, 0.6) is 5.75 Å². The van der Waals surface area contributed by atoms with Gasteiger partial charge in [-0.15, -0.1) is 11.3 Å². The minimum atomic E-state index is -0.565. The monoisotopic (exact) mass is 373 g/mol. The Hall–Kier alpha value is -2.67. The molecule has 0 bridgehead atoms. The van der Waals surface area contributed by atoms with Gasteiger partial charge in [0.1, 0.15) is 5.75 Å². The molecule has 2 aromatic rings. The lowest BCUT2D eigenvalue weighted by Gasteiger charge is -2.17. The van der Waals surface area contributed by atoms with Crippen LogP contribution in [0.25, 0.3) is 0 Å². The third-order valence-electron chi connectivity index (χ3n) is 4.06. The molecule has 1 atom stereocenters. The molecule has 1 aliphatic heterocycles. The van der Waals surface area contributed by atoms with Crippen LogP contribution in [0.3, 0.4) is 0 Å². The molecule has 0 radical (unpaired) electrons. The summed E-state index contributed by atoms with van der Waals surface area (Å²) >= 11 is 1.30. The molecule has 6 nitrogen and oxygen atoms in total. The third kappa shape index (κ3) is 4.11. The van der Waals surface area contributed by atoms with Gasteiger partial charge in [0.25, 0.3) is 0 Å². The third-order valence-corrected chi connectivity index (χ3v) is 4.97. The highest BCUT2D eigenvalue weighted by molar-refractivity contribution is 7.12. The van der Waals surface area contributed by atoms with Crippen molar-refractivity contribution in [1.82, 2.24) is 0 Å². The second-order valence-electron chi connectivity index (χ2n) is 5.84. The van der Waals surface area contributed by atoms with Crippen molar-refractivity contribution in [2.75, 3.05) is 24.7 Å². The average Bonchev–Trinajstić information content (AvgIpc) is 3.30. The van der Waals surface area contributed by atoms with E-state index < -0.39 is 11.9 Å². The van der Waals surface area contributed by atoms with Crippen LogP contribution in [0.2, 0.25) is 0 Å². The maximum Gasteiger partial charge on any atom is 0.311 e. The van der Waals surface area contributed by atoms with E-state index in [4.69, 9.17) is 9.47 Å². The number of nitrogens with zero attached hydrogens (tertiary/aromatic N) is 1.